The van der Waals surface area contributed by atoms with Crippen molar-refractivity contribution in [3.05, 3.63) is 38.9 Å². The second-order valence-electron chi connectivity index (χ2n) is 5.78. The van der Waals surface area contributed by atoms with Crippen molar-refractivity contribution in [2.24, 2.45) is 5.73 Å². The van der Waals surface area contributed by atoms with Gasteiger partial charge < -0.3 is 15.8 Å². The van der Waals surface area contributed by atoms with Crippen LogP contribution in [0, 0.1) is 10.1 Å². The Bertz CT molecular complexity index is 558. The van der Waals surface area contributed by atoms with Gasteiger partial charge in [0.15, 0.2) is 0 Å². The number of carbonyl (C=O) groups excluding carboxylic acids is 1. The van der Waals surface area contributed by atoms with E-state index in [1.807, 2.05) is 0 Å². The molecule has 0 aromatic heterocycles. The summed E-state index contributed by atoms with van der Waals surface area (Å²) in [5, 5.41) is 13.4. The van der Waals surface area contributed by atoms with Gasteiger partial charge in [0.25, 0.3) is 5.69 Å². The first kappa shape index (κ1) is 18.2. The average Bonchev–Trinajstić information content (AvgIpc) is 2.36. The van der Waals surface area contributed by atoms with Crippen molar-refractivity contribution < 1.29 is 14.5 Å². The molecule has 0 aliphatic rings. The smallest absolute Gasteiger partial charge is 0.407 e. The lowest BCUT2D eigenvalue weighted by Gasteiger charge is -2.21. The van der Waals surface area contributed by atoms with Crippen molar-refractivity contribution >= 4 is 23.4 Å². The van der Waals surface area contributed by atoms with Crippen LogP contribution in [0.5, 0.6) is 0 Å². The molecule has 22 heavy (non-hydrogen) atoms. The van der Waals surface area contributed by atoms with Crippen LogP contribution in [0.4, 0.5) is 10.5 Å². The number of amides is 1. The Morgan fingerprint density at radius 2 is 2.14 bits per heavy atom. The van der Waals surface area contributed by atoms with Gasteiger partial charge >= 0.3 is 6.09 Å². The fourth-order valence-electron chi connectivity index (χ4n) is 1.78. The first-order valence-electron chi connectivity index (χ1n) is 6.75. The standard InChI is InChI=1S/C14H20ClN3O4/c1-14(2,3)22-13(19)17-8-10(7-16)9-4-5-12(18(20)21)11(15)6-9/h4-6,10H,7-8,16H2,1-3H3,(H,17,19). The molecule has 0 heterocycles. The van der Waals surface area contributed by atoms with Crippen LogP contribution in [-0.4, -0.2) is 29.7 Å². The summed E-state index contributed by atoms with van der Waals surface area (Å²) in [6.45, 7) is 5.80. The number of benzene rings is 1. The van der Waals surface area contributed by atoms with Gasteiger partial charge in [0, 0.05) is 25.1 Å². The summed E-state index contributed by atoms with van der Waals surface area (Å²) < 4.78 is 5.14. The van der Waals surface area contributed by atoms with Crippen molar-refractivity contribution in [2.45, 2.75) is 32.3 Å². The van der Waals surface area contributed by atoms with E-state index in [1.165, 1.54) is 12.1 Å². The number of alkyl carbamates (subject to hydrolysis) is 1. The fourth-order valence-corrected chi connectivity index (χ4v) is 2.04. The summed E-state index contributed by atoms with van der Waals surface area (Å²) in [6.07, 6.45) is -0.543. The van der Waals surface area contributed by atoms with Gasteiger partial charge in [-0.2, -0.15) is 0 Å². The van der Waals surface area contributed by atoms with Gasteiger partial charge in [-0.3, -0.25) is 10.1 Å². The molecule has 0 aliphatic heterocycles. The number of ether oxygens (including phenoxy) is 1. The minimum Gasteiger partial charge on any atom is -0.444 e. The molecule has 0 spiro atoms. The molecule has 1 amide bonds. The van der Waals surface area contributed by atoms with Crippen molar-refractivity contribution in [1.82, 2.24) is 5.32 Å². The molecule has 0 saturated heterocycles. The molecule has 1 aromatic rings. The maximum Gasteiger partial charge on any atom is 0.407 e. The number of nitro groups is 1. The number of nitrogens with zero attached hydrogens (tertiary/aromatic N) is 1. The average molecular weight is 330 g/mol. The SMILES string of the molecule is CC(C)(C)OC(=O)NCC(CN)c1ccc([N+](=O)[O-])c(Cl)c1. The quantitative estimate of drug-likeness (QED) is 0.638. The van der Waals surface area contributed by atoms with Crippen LogP contribution in [0.1, 0.15) is 32.3 Å². The van der Waals surface area contributed by atoms with E-state index in [-0.39, 0.29) is 29.7 Å². The summed E-state index contributed by atoms with van der Waals surface area (Å²) in [5.74, 6) is -0.217. The number of nitrogens with two attached hydrogens (primary N) is 1. The molecule has 1 atom stereocenters. The van der Waals surface area contributed by atoms with Crippen LogP contribution in [0.15, 0.2) is 18.2 Å². The highest BCUT2D eigenvalue weighted by molar-refractivity contribution is 6.32. The molecule has 8 heteroatoms. The fraction of sp³-hybridized carbons (Fsp3) is 0.500. The van der Waals surface area contributed by atoms with Crippen molar-refractivity contribution in [3.63, 3.8) is 0 Å². The lowest BCUT2D eigenvalue weighted by Crippen LogP contribution is -2.36. The van der Waals surface area contributed by atoms with E-state index in [4.69, 9.17) is 22.1 Å². The Hall–Kier alpha value is -1.86. The topological polar surface area (TPSA) is 107 Å². The number of nitrogens with one attached hydrogen (secondary N) is 1. The first-order chi connectivity index (χ1) is 10.1. The summed E-state index contributed by atoms with van der Waals surface area (Å²) in [5.41, 5.74) is 5.66. The Labute approximate surface area is 133 Å². The lowest BCUT2D eigenvalue weighted by atomic mass is 9.99. The van der Waals surface area contributed by atoms with Crippen LogP contribution in [0.2, 0.25) is 5.02 Å². The van der Waals surface area contributed by atoms with Gasteiger partial charge in [0.05, 0.1) is 4.92 Å². The van der Waals surface area contributed by atoms with Crippen molar-refractivity contribution in [3.8, 4) is 0 Å². The minimum atomic E-state index is -0.584. The molecule has 0 saturated carbocycles. The molecular formula is C14H20ClN3O4. The van der Waals surface area contributed by atoms with Crippen molar-refractivity contribution in [2.75, 3.05) is 13.1 Å². The largest absolute Gasteiger partial charge is 0.444 e. The predicted molar refractivity (Wildman–Crippen MR) is 84.1 cm³/mol. The van der Waals surface area contributed by atoms with Gasteiger partial charge in [-0.05, 0) is 32.4 Å². The van der Waals surface area contributed by atoms with E-state index in [9.17, 15) is 14.9 Å². The zero-order chi connectivity index (χ0) is 16.9. The van der Waals surface area contributed by atoms with Crippen LogP contribution in [0.3, 0.4) is 0 Å². The Morgan fingerprint density at radius 3 is 2.59 bits per heavy atom. The number of rotatable bonds is 5. The summed E-state index contributed by atoms with van der Waals surface area (Å²) in [6, 6.07) is 4.40. The second-order valence-corrected chi connectivity index (χ2v) is 6.19. The molecule has 3 N–H and O–H groups in total. The highest BCUT2D eigenvalue weighted by Crippen LogP contribution is 2.28. The van der Waals surface area contributed by atoms with Gasteiger partial charge in [-0.1, -0.05) is 17.7 Å². The molecule has 122 valence electrons. The monoisotopic (exact) mass is 329 g/mol. The maximum atomic E-state index is 11.6. The molecule has 1 rings (SSSR count). The normalized spacial score (nSPS) is 12.6. The van der Waals surface area contributed by atoms with Crippen LogP contribution in [-0.2, 0) is 4.74 Å². The molecule has 1 unspecified atom stereocenters. The third kappa shape index (κ3) is 5.50. The molecule has 0 bridgehead atoms. The molecule has 0 aliphatic carbocycles. The molecule has 7 nitrogen and oxygen atoms in total. The van der Waals surface area contributed by atoms with E-state index in [2.05, 4.69) is 5.32 Å². The van der Waals surface area contributed by atoms with E-state index in [0.29, 0.717) is 5.56 Å². The van der Waals surface area contributed by atoms with Gasteiger partial charge in [0.1, 0.15) is 10.6 Å². The zero-order valence-electron chi connectivity index (χ0n) is 12.8. The minimum absolute atomic E-state index is 0.0400. The highest BCUT2D eigenvalue weighted by Gasteiger charge is 2.19. The van der Waals surface area contributed by atoms with E-state index < -0.39 is 16.6 Å². The van der Waals surface area contributed by atoms with Crippen molar-refractivity contribution in [1.29, 1.82) is 0 Å². The maximum absolute atomic E-state index is 11.6. The van der Waals surface area contributed by atoms with Gasteiger partial charge in [0.2, 0.25) is 0 Å². The number of halogens is 1. The lowest BCUT2D eigenvalue weighted by molar-refractivity contribution is -0.384. The Balaban J connectivity index is 2.74. The second kappa shape index (κ2) is 7.42. The van der Waals surface area contributed by atoms with Gasteiger partial charge in [-0.15, -0.1) is 0 Å². The molecule has 1 aromatic carbocycles. The Morgan fingerprint density at radius 1 is 1.50 bits per heavy atom. The summed E-state index contributed by atoms with van der Waals surface area (Å²) in [4.78, 5) is 21.8. The first-order valence-corrected chi connectivity index (χ1v) is 7.12. The number of nitro benzene ring substituents is 1. The predicted octanol–water partition coefficient (Wildman–Crippen LogP) is 2.82. The van der Waals surface area contributed by atoms with E-state index >= 15 is 0 Å². The van der Waals surface area contributed by atoms with E-state index in [0.717, 1.165) is 0 Å². The molecule has 0 fully saturated rings. The van der Waals surface area contributed by atoms with Crippen LogP contribution >= 0.6 is 11.6 Å². The number of hydrogen-bond donors (Lipinski definition) is 2. The summed E-state index contributed by atoms with van der Waals surface area (Å²) in [7, 11) is 0. The number of carbonyl (C=O) groups is 1. The highest BCUT2D eigenvalue weighted by atomic mass is 35.5. The van der Waals surface area contributed by atoms with Gasteiger partial charge in [-0.25, -0.2) is 4.79 Å². The Kier molecular flexibility index (Phi) is 6.13. The summed E-state index contributed by atoms with van der Waals surface area (Å²) >= 11 is 5.88. The third-order valence-corrected chi connectivity index (χ3v) is 3.12. The number of hydrogen-bond acceptors (Lipinski definition) is 5. The van der Waals surface area contributed by atoms with E-state index in [1.54, 1.807) is 26.8 Å². The third-order valence-electron chi connectivity index (χ3n) is 2.82. The molecular weight excluding hydrogens is 310 g/mol. The van der Waals surface area contributed by atoms with Crippen LogP contribution in [0.25, 0.3) is 0 Å². The molecule has 0 radical (unpaired) electrons. The van der Waals surface area contributed by atoms with Crippen LogP contribution < -0.4 is 11.1 Å². The zero-order valence-corrected chi connectivity index (χ0v) is 13.5.